The highest BCUT2D eigenvalue weighted by Gasteiger charge is 2.17. The van der Waals surface area contributed by atoms with Crippen LogP contribution >= 0.6 is 27.7 Å². The molecular formula is C21H21BrN4O3S. The highest BCUT2D eigenvalue weighted by Crippen LogP contribution is 2.32. The predicted molar refractivity (Wildman–Crippen MR) is 122 cm³/mol. The molecule has 0 aliphatic rings. The van der Waals surface area contributed by atoms with Crippen molar-refractivity contribution in [2.75, 3.05) is 17.7 Å². The minimum atomic E-state index is -0.163. The Morgan fingerprint density at radius 3 is 2.77 bits per heavy atom. The Kier molecular flexibility index (Phi) is 7.53. The SMILES string of the molecule is C=CCn1c(SCC(=O)Nc2ccc(OCC)cc2)nnc1-c1cc(Br)ccc1O. The number of carbonyl (C=O) groups excluding carboxylic acids is 1. The lowest BCUT2D eigenvalue weighted by Crippen LogP contribution is -2.14. The molecule has 7 nitrogen and oxygen atoms in total. The molecular weight excluding hydrogens is 468 g/mol. The summed E-state index contributed by atoms with van der Waals surface area (Å²) in [6.45, 7) is 6.73. The van der Waals surface area contributed by atoms with Gasteiger partial charge in [0.25, 0.3) is 0 Å². The largest absolute Gasteiger partial charge is 0.507 e. The maximum atomic E-state index is 12.4. The van der Waals surface area contributed by atoms with E-state index in [-0.39, 0.29) is 17.4 Å². The van der Waals surface area contributed by atoms with E-state index in [0.29, 0.717) is 35.4 Å². The van der Waals surface area contributed by atoms with E-state index in [2.05, 4.69) is 38.0 Å². The summed E-state index contributed by atoms with van der Waals surface area (Å²) in [5, 5.41) is 22.0. The first-order chi connectivity index (χ1) is 14.5. The number of aromatic nitrogens is 3. The fraction of sp³-hybridized carbons (Fsp3) is 0.190. The Hall–Kier alpha value is -2.78. The molecule has 0 radical (unpaired) electrons. The number of hydrogen-bond acceptors (Lipinski definition) is 6. The zero-order valence-corrected chi connectivity index (χ0v) is 18.7. The van der Waals surface area contributed by atoms with Gasteiger partial charge in [-0.1, -0.05) is 33.8 Å². The van der Waals surface area contributed by atoms with Crippen molar-refractivity contribution in [1.82, 2.24) is 14.8 Å². The van der Waals surface area contributed by atoms with Crippen molar-refractivity contribution in [3.63, 3.8) is 0 Å². The summed E-state index contributed by atoms with van der Waals surface area (Å²) in [6, 6.07) is 12.3. The molecule has 3 rings (SSSR count). The van der Waals surface area contributed by atoms with Crippen LogP contribution in [-0.2, 0) is 11.3 Å². The van der Waals surface area contributed by atoms with E-state index >= 15 is 0 Å². The number of nitrogens with one attached hydrogen (secondary N) is 1. The van der Waals surface area contributed by atoms with Gasteiger partial charge in [0.1, 0.15) is 11.5 Å². The molecule has 30 heavy (non-hydrogen) atoms. The molecule has 1 heterocycles. The van der Waals surface area contributed by atoms with Gasteiger partial charge < -0.3 is 15.2 Å². The number of thioether (sulfide) groups is 1. The van der Waals surface area contributed by atoms with Gasteiger partial charge in [-0.25, -0.2) is 0 Å². The Morgan fingerprint density at radius 1 is 1.30 bits per heavy atom. The number of carbonyl (C=O) groups is 1. The smallest absolute Gasteiger partial charge is 0.234 e. The average molecular weight is 489 g/mol. The van der Waals surface area contributed by atoms with Gasteiger partial charge in [-0.05, 0) is 49.4 Å². The molecule has 0 bridgehead atoms. The van der Waals surface area contributed by atoms with E-state index in [9.17, 15) is 9.90 Å². The summed E-state index contributed by atoms with van der Waals surface area (Å²) in [5.74, 6) is 1.35. The maximum absolute atomic E-state index is 12.4. The number of phenolic OH excluding ortho intramolecular Hbond substituents is 1. The van der Waals surface area contributed by atoms with Crippen LogP contribution in [0, 0.1) is 0 Å². The third kappa shape index (κ3) is 5.43. The van der Waals surface area contributed by atoms with Crippen molar-refractivity contribution >= 4 is 39.3 Å². The molecule has 156 valence electrons. The fourth-order valence-electron chi connectivity index (χ4n) is 2.70. The van der Waals surface area contributed by atoms with Crippen molar-refractivity contribution in [3.8, 4) is 22.9 Å². The molecule has 1 amide bonds. The summed E-state index contributed by atoms with van der Waals surface area (Å²) in [6.07, 6.45) is 1.71. The van der Waals surface area contributed by atoms with Crippen LogP contribution in [0.3, 0.4) is 0 Å². The van der Waals surface area contributed by atoms with E-state index in [1.54, 1.807) is 36.4 Å². The van der Waals surface area contributed by atoms with Crippen LogP contribution in [0.1, 0.15) is 6.92 Å². The molecule has 0 spiro atoms. The first-order valence-electron chi connectivity index (χ1n) is 9.20. The second kappa shape index (κ2) is 10.3. The summed E-state index contributed by atoms with van der Waals surface area (Å²) in [7, 11) is 0. The van der Waals surface area contributed by atoms with Crippen LogP contribution in [0.25, 0.3) is 11.4 Å². The van der Waals surface area contributed by atoms with Crippen molar-refractivity contribution < 1.29 is 14.6 Å². The van der Waals surface area contributed by atoms with Crippen molar-refractivity contribution in [2.24, 2.45) is 0 Å². The number of rotatable bonds is 9. The number of nitrogens with zero attached hydrogens (tertiary/aromatic N) is 3. The maximum Gasteiger partial charge on any atom is 0.234 e. The minimum Gasteiger partial charge on any atom is -0.507 e. The topological polar surface area (TPSA) is 89.3 Å². The van der Waals surface area contributed by atoms with Gasteiger partial charge in [0, 0.05) is 16.7 Å². The van der Waals surface area contributed by atoms with Crippen LogP contribution in [0.2, 0.25) is 0 Å². The molecule has 0 unspecified atom stereocenters. The molecule has 0 saturated heterocycles. The molecule has 2 aromatic carbocycles. The predicted octanol–water partition coefficient (Wildman–Crippen LogP) is 4.73. The fourth-order valence-corrected chi connectivity index (χ4v) is 3.81. The normalized spacial score (nSPS) is 10.6. The molecule has 3 aromatic rings. The molecule has 2 N–H and O–H groups in total. The van der Waals surface area contributed by atoms with E-state index in [1.807, 2.05) is 23.6 Å². The molecule has 1 aromatic heterocycles. The first kappa shape index (κ1) is 21.9. The number of halogens is 1. The molecule has 0 atom stereocenters. The number of phenols is 1. The van der Waals surface area contributed by atoms with Gasteiger partial charge in [-0.2, -0.15) is 0 Å². The van der Waals surface area contributed by atoms with E-state index in [0.717, 1.165) is 10.2 Å². The van der Waals surface area contributed by atoms with E-state index in [1.165, 1.54) is 11.8 Å². The summed E-state index contributed by atoms with van der Waals surface area (Å²) >= 11 is 4.67. The number of allylic oxidation sites excluding steroid dienone is 1. The van der Waals surface area contributed by atoms with E-state index < -0.39 is 0 Å². The van der Waals surface area contributed by atoms with Crippen LogP contribution in [-0.4, -0.2) is 38.1 Å². The highest BCUT2D eigenvalue weighted by atomic mass is 79.9. The summed E-state index contributed by atoms with van der Waals surface area (Å²) in [4.78, 5) is 12.4. The van der Waals surface area contributed by atoms with Gasteiger partial charge >= 0.3 is 0 Å². The Morgan fingerprint density at radius 2 is 2.07 bits per heavy atom. The lowest BCUT2D eigenvalue weighted by molar-refractivity contribution is -0.113. The average Bonchev–Trinajstić information content (AvgIpc) is 3.13. The molecule has 0 saturated carbocycles. The Balaban J connectivity index is 1.70. The van der Waals surface area contributed by atoms with Crippen LogP contribution < -0.4 is 10.1 Å². The lowest BCUT2D eigenvalue weighted by atomic mass is 10.2. The quantitative estimate of drug-likeness (QED) is 0.334. The second-order valence-corrected chi connectivity index (χ2v) is 8.02. The zero-order chi connectivity index (χ0) is 21.5. The number of hydrogen-bond donors (Lipinski definition) is 2. The van der Waals surface area contributed by atoms with Gasteiger partial charge in [0.15, 0.2) is 11.0 Å². The molecule has 0 aliphatic heterocycles. The molecule has 0 fully saturated rings. The summed E-state index contributed by atoms with van der Waals surface area (Å²) in [5.41, 5.74) is 1.24. The number of anilines is 1. The highest BCUT2D eigenvalue weighted by molar-refractivity contribution is 9.10. The molecule has 0 aliphatic carbocycles. The number of benzene rings is 2. The van der Waals surface area contributed by atoms with Crippen molar-refractivity contribution in [1.29, 1.82) is 0 Å². The van der Waals surface area contributed by atoms with Crippen LogP contribution in [0.5, 0.6) is 11.5 Å². The molecule has 9 heteroatoms. The van der Waals surface area contributed by atoms with E-state index in [4.69, 9.17) is 4.74 Å². The third-order valence-corrected chi connectivity index (χ3v) is 5.47. The van der Waals surface area contributed by atoms with Gasteiger partial charge in [-0.3, -0.25) is 9.36 Å². The van der Waals surface area contributed by atoms with Gasteiger partial charge in [0.2, 0.25) is 5.91 Å². The second-order valence-electron chi connectivity index (χ2n) is 6.16. The summed E-state index contributed by atoms with van der Waals surface area (Å²) < 4.78 is 8.02. The van der Waals surface area contributed by atoms with Crippen molar-refractivity contribution in [3.05, 3.63) is 59.6 Å². The van der Waals surface area contributed by atoms with Crippen molar-refractivity contribution in [2.45, 2.75) is 18.6 Å². The van der Waals surface area contributed by atoms with Crippen LogP contribution in [0.4, 0.5) is 5.69 Å². The van der Waals surface area contributed by atoms with Gasteiger partial charge in [0.05, 0.1) is 17.9 Å². The Bertz CT molecular complexity index is 1040. The zero-order valence-electron chi connectivity index (χ0n) is 16.3. The number of amides is 1. The minimum absolute atomic E-state index is 0.0979. The van der Waals surface area contributed by atoms with Gasteiger partial charge in [-0.15, -0.1) is 16.8 Å². The lowest BCUT2D eigenvalue weighted by Gasteiger charge is -2.10. The third-order valence-electron chi connectivity index (χ3n) is 4.01. The Labute approximate surface area is 187 Å². The standard InChI is InChI=1S/C21H21BrN4O3S/c1-3-11-26-20(17-12-14(22)5-10-18(17)27)24-25-21(26)30-13-19(28)23-15-6-8-16(9-7-15)29-4-2/h3,5-10,12,27H,1,4,11,13H2,2H3,(H,23,28). The number of ether oxygens (including phenoxy) is 1. The number of aromatic hydroxyl groups is 1. The monoisotopic (exact) mass is 488 g/mol. The first-order valence-corrected chi connectivity index (χ1v) is 11.0. The van der Waals surface area contributed by atoms with Crippen LogP contribution in [0.15, 0.2) is 64.7 Å².